The quantitative estimate of drug-likeness (QED) is 0.575. The van der Waals surface area contributed by atoms with Gasteiger partial charge in [-0.2, -0.15) is 0 Å². The number of amides is 1. The monoisotopic (exact) mass is 349 g/mol. The van der Waals surface area contributed by atoms with Gasteiger partial charge in [0, 0.05) is 15.7 Å². The van der Waals surface area contributed by atoms with Crippen molar-refractivity contribution in [2.24, 2.45) is 0 Å². The van der Waals surface area contributed by atoms with Crippen LogP contribution in [-0.2, 0) is 0 Å². The van der Waals surface area contributed by atoms with Crippen LogP contribution in [0.15, 0.2) is 53.0 Å². The van der Waals surface area contributed by atoms with Gasteiger partial charge in [-0.05, 0) is 58.5 Å². The molecule has 6 heteroatoms. The van der Waals surface area contributed by atoms with Gasteiger partial charge >= 0.3 is 0 Å². The Morgan fingerprint density at radius 3 is 2.50 bits per heavy atom. The van der Waals surface area contributed by atoms with Gasteiger partial charge in [-0.25, -0.2) is 0 Å². The van der Waals surface area contributed by atoms with Gasteiger partial charge in [0.05, 0.1) is 5.69 Å². The maximum Gasteiger partial charge on any atom is 0.257 e. The second-order valence-corrected chi connectivity index (χ2v) is 5.28. The molecule has 0 saturated carbocycles. The molecule has 2 aromatic rings. The van der Waals surface area contributed by atoms with Gasteiger partial charge in [-0.3, -0.25) is 10.1 Å². The lowest BCUT2D eigenvalue weighted by Crippen LogP contribution is -2.34. The van der Waals surface area contributed by atoms with E-state index in [0.29, 0.717) is 11.3 Å². The highest BCUT2D eigenvalue weighted by Gasteiger charge is 2.08. The van der Waals surface area contributed by atoms with Crippen molar-refractivity contribution in [2.45, 2.75) is 0 Å². The SMILES string of the molecule is Nc1ccc(NC(=S)NC(=O)c2ccccc2)c(Br)c1. The summed E-state index contributed by atoms with van der Waals surface area (Å²) in [6, 6.07) is 14.1. The number of nitrogens with one attached hydrogen (secondary N) is 2. The normalized spacial score (nSPS) is 9.85. The Kier molecular flexibility index (Phi) is 4.70. The number of carbonyl (C=O) groups excluding carboxylic acids is 1. The fourth-order valence-electron chi connectivity index (χ4n) is 1.55. The molecule has 0 aromatic heterocycles. The highest BCUT2D eigenvalue weighted by molar-refractivity contribution is 9.10. The van der Waals surface area contributed by atoms with E-state index in [9.17, 15) is 4.79 Å². The van der Waals surface area contributed by atoms with Gasteiger partial charge in [0.2, 0.25) is 0 Å². The lowest BCUT2D eigenvalue weighted by atomic mass is 10.2. The summed E-state index contributed by atoms with van der Waals surface area (Å²) in [6.45, 7) is 0. The number of nitrogen functional groups attached to an aromatic ring is 1. The molecule has 2 rings (SSSR count). The van der Waals surface area contributed by atoms with E-state index in [1.54, 1.807) is 42.5 Å². The van der Waals surface area contributed by atoms with Gasteiger partial charge in [0.15, 0.2) is 5.11 Å². The maximum absolute atomic E-state index is 11.9. The van der Waals surface area contributed by atoms with Crippen LogP contribution in [0.25, 0.3) is 0 Å². The first-order valence-corrected chi connectivity index (χ1v) is 6.99. The Morgan fingerprint density at radius 2 is 1.85 bits per heavy atom. The number of hydrogen-bond acceptors (Lipinski definition) is 3. The summed E-state index contributed by atoms with van der Waals surface area (Å²) < 4.78 is 0.772. The molecule has 2 aromatic carbocycles. The molecule has 1 amide bonds. The highest BCUT2D eigenvalue weighted by Crippen LogP contribution is 2.24. The smallest absolute Gasteiger partial charge is 0.257 e. The van der Waals surface area contributed by atoms with Crippen molar-refractivity contribution in [1.29, 1.82) is 0 Å². The zero-order valence-corrected chi connectivity index (χ0v) is 12.8. The largest absolute Gasteiger partial charge is 0.399 e. The van der Waals surface area contributed by atoms with E-state index in [0.717, 1.165) is 10.2 Å². The van der Waals surface area contributed by atoms with E-state index in [-0.39, 0.29) is 11.0 Å². The van der Waals surface area contributed by atoms with E-state index in [1.165, 1.54) is 0 Å². The molecule has 0 heterocycles. The molecule has 0 aliphatic carbocycles. The second kappa shape index (κ2) is 6.49. The van der Waals surface area contributed by atoms with Crippen LogP contribution >= 0.6 is 28.1 Å². The van der Waals surface area contributed by atoms with Crippen LogP contribution in [-0.4, -0.2) is 11.0 Å². The summed E-state index contributed by atoms with van der Waals surface area (Å²) in [6.07, 6.45) is 0. The first kappa shape index (κ1) is 14.5. The molecule has 0 aliphatic heterocycles. The third-order valence-electron chi connectivity index (χ3n) is 2.50. The van der Waals surface area contributed by atoms with Crippen LogP contribution in [0.3, 0.4) is 0 Å². The zero-order chi connectivity index (χ0) is 14.5. The van der Waals surface area contributed by atoms with Gasteiger partial charge in [0.1, 0.15) is 0 Å². The van der Waals surface area contributed by atoms with Crippen LogP contribution in [0.4, 0.5) is 11.4 Å². The first-order chi connectivity index (χ1) is 9.56. The molecule has 0 aliphatic rings. The molecule has 0 saturated heterocycles. The van der Waals surface area contributed by atoms with Crippen molar-refractivity contribution < 1.29 is 4.79 Å². The summed E-state index contributed by atoms with van der Waals surface area (Å²) in [5.41, 5.74) is 7.58. The van der Waals surface area contributed by atoms with E-state index >= 15 is 0 Å². The molecule has 0 spiro atoms. The third kappa shape index (κ3) is 3.79. The van der Waals surface area contributed by atoms with Crippen LogP contribution in [0.2, 0.25) is 0 Å². The predicted octanol–water partition coefficient (Wildman–Crippen LogP) is 3.16. The Morgan fingerprint density at radius 1 is 1.15 bits per heavy atom. The van der Waals surface area contributed by atoms with Gasteiger partial charge < -0.3 is 11.1 Å². The van der Waals surface area contributed by atoms with Crippen LogP contribution in [0.5, 0.6) is 0 Å². The Bertz CT molecular complexity index is 646. The Balaban J connectivity index is 2.01. The standard InChI is InChI=1S/C14H12BrN3OS/c15-11-8-10(16)6-7-12(11)17-14(20)18-13(19)9-4-2-1-3-5-9/h1-8H,16H2,(H2,17,18,19,20). The molecule has 4 N–H and O–H groups in total. The van der Waals surface area contributed by atoms with Crippen molar-refractivity contribution in [2.75, 3.05) is 11.1 Å². The lowest BCUT2D eigenvalue weighted by molar-refractivity contribution is 0.0978. The topological polar surface area (TPSA) is 67.2 Å². The Labute approximate surface area is 130 Å². The van der Waals surface area contributed by atoms with Crippen LogP contribution in [0.1, 0.15) is 10.4 Å². The van der Waals surface area contributed by atoms with Crippen molar-refractivity contribution >= 4 is 50.5 Å². The third-order valence-corrected chi connectivity index (χ3v) is 3.36. The summed E-state index contributed by atoms with van der Waals surface area (Å²) in [5, 5.41) is 5.78. The molecule has 20 heavy (non-hydrogen) atoms. The summed E-state index contributed by atoms with van der Waals surface area (Å²) in [4.78, 5) is 11.9. The average molecular weight is 350 g/mol. The summed E-state index contributed by atoms with van der Waals surface area (Å²) in [5.74, 6) is -0.255. The fraction of sp³-hybridized carbons (Fsp3) is 0. The van der Waals surface area contributed by atoms with E-state index in [4.69, 9.17) is 18.0 Å². The van der Waals surface area contributed by atoms with E-state index < -0.39 is 0 Å². The number of rotatable bonds is 2. The van der Waals surface area contributed by atoms with Gasteiger partial charge in [0.25, 0.3) is 5.91 Å². The average Bonchev–Trinajstić information content (AvgIpc) is 2.43. The number of carbonyl (C=O) groups is 1. The number of thiocarbonyl (C=S) groups is 1. The van der Waals surface area contributed by atoms with Crippen molar-refractivity contribution in [3.8, 4) is 0 Å². The molecule has 0 atom stereocenters. The number of anilines is 2. The maximum atomic E-state index is 11.9. The summed E-state index contributed by atoms with van der Waals surface area (Å²) in [7, 11) is 0. The zero-order valence-electron chi connectivity index (χ0n) is 10.4. The molecular formula is C14H12BrN3OS. The predicted molar refractivity (Wildman–Crippen MR) is 88.7 cm³/mol. The summed E-state index contributed by atoms with van der Waals surface area (Å²) >= 11 is 8.48. The minimum Gasteiger partial charge on any atom is -0.399 e. The van der Waals surface area contributed by atoms with E-state index in [2.05, 4.69) is 26.6 Å². The van der Waals surface area contributed by atoms with Crippen molar-refractivity contribution in [1.82, 2.24) is 5.32 Å². The molecule has 0 fully saturated rings. The number of halogens is 1. The second-order valence-electron chi connectivity index (χ2n) is 4.01. The number of hydrogen-bond donors (Lipinski definition) is 3. The fourth-order valence-corrected chi connectivity index (χ4v) is 2.25. The number of nitrogens with two attached hydrogens (primary N) is 1. The minimum atomic E-state index is -0.255. The minimum absolute atomic E-state index is 0.226. The van der Waals surface area contributed by atoms with Crippen molar-refractivity contribution in [3.05, 3.63) is 58.6 Å². The van der Waals surface area contributed by atoms with Crippen molar-refractivity contribution in [3.63, 3.8) is 0 Å². The lowest BCUT2D eigenvalue weighted by Gasteiger charge is -2.11. The molecule has 4 nitrogen and oxygen atoms in total. The highest BCUT2D eigenvalue weighted by atomic mass is 79.9. The van der Waals surface area contributed by atoms with Gasteiger partial charge in [-0.1, -0.05) is 18.2 Å². The molecule has 0 unspecified atom stereocenters. The molecule has 0 radical (unpaired) electrons. The Hall–Kier alpha value is -1.92. The molecular weight excluding hydrogens is 338 g/mol. The number of benzene rings is 2. The van der Waals surface area contributed by atoms with E-state index in [1.807, 2.05) is 6.07 Å². The molecule has 102 valence electrons. The van der Waals surface area contributed by atoms with Crippen LogP contribution in [0, 0.1) is 0 Å². The molecule has 0 bridgehead atoms. The van der Waals surface area contributed by atoms with Crippen LogP contribution < -0.4 is 16.4 Å². The van der Waals surface area contributed by atoms with Gasteiger partial charge in [-0.15, -0.1) is 0 Å². The first-order valence-electron chi connectivity index (χ1n) is 5.78.